The second-order valence-corrected chi connectivity index (χ2v) is 1.77. The first kappa shape index (κ1) is 5.57. The highest BCUT2D eigenvalue weighted by Crippen LogP contribution is 1.94. The largest absolute Gasteiger partial charge is 0.137 e. The molecule has 0 saturated carbocycles. The minimum atomic E-state index is 1.67. The van der Waals surface area contributed by atoms with Gasteiger partial charge in [0.05, 0.1) is 0 Å². The van der Waals surface area contributed by atoms with Gasteiger partial charge in [-0.3, -0.25) is 0 Å². The summed E-state index contributed by atoms with van der Waals surface area (Å²) in [5, 5.41) is 1.96. The number of rotatable bonds is 1. The maximum atomic E-state index is 3.11. The van der Waals surface area contributed by atoms with Crippen molar-refractivity contribution in [3.8, 4) is 0 Å². The highest BCUT2D eigenvalue weighted by atomic mass is 79.9. The molecule has 0 fully saturated rings. The van der Waals surface area contributed by atoms with Gasteiger partial charge in [0.15, 0.2) is 0 Å². The molecule has 0 amide bonds. The molecular formula is C3H5BrS. The zero-order chi connectivity index (χ0) is 4.12. The van der Waals surface area contributed by atoms with E-state index in [1.165, 1.54) is 0 Å². The summed E-state index contributed by atoms with van der Waals surface area (Å²) in [7, 11) is 0. The third-order valence-electron chi connectivity index (χ3n) is 0.188. The lowest BCUT2D eigenvalue weighted by atomic mass is 11.3. The Balaban J connectivity index is 2.62. The van der Waals surface area contributed by atoms with Gasteiger partial charge in [-0.2, -0.15) is 0 Å². The first-order chi connectivity index (χ1) is 2.41. The van der Waals surface area contributed by atoms with Crippen LogP contribution in [0.15, 0.2) is 10.4 Å². The lowest BCUT2D eigenvalue weighted by molar-refractivity contribution is 2.44. The minimum absolute atomic E-state index is 1.67. The van der Waals surface area contributed by atoms with Gasteiger partial charge in [-0.05, 0) is 16.6 Å². The molecule has 0 rings (SSSR count). The Morgan fingerprint density at radius 3 is 2.40 bits per heavy atom. The molecule has 30 valence electrons. The van der Waals surface area contributed by atoms with E-state index in [0.29, 0.717) is 0 Å². The van der Waals surface area contributed by atoms with Crippen LogP contribution in [0.5, 0.6) is 0 Å². The Bertz CT molecular complexity index is 33.9. The predicted octanol–water partition coefficient (Wildman–Crippen LogP) is 2.22. The van der Waals surface area contributed by atoms with Crippen molar-refractivity contribution in [3.63, 3.8) is 0 Å². The topological polar surface area (TPSA) is 0 Å². The number of halogens is 1. The fourth-order valence-corrected chi connectivity index (χ4v) is 0.802. The van der Waals surface area contributed by atoms with Crippen molar-refractivity contribution in [2.45, 2.75) is 0 Å². The van der Waals surface area contributed by atoms with Gasteiger partial charge < -0.3 is 0 Å². The van der Waals surface area contributed by atoms with E-state index in [1.807, 2.05) is 16.6 Å². The van der Waals surface area contributed by atoms with Gasteiger partial charge in [0.25, 0.3) is 0 Å². The summed E-state index contributed by atoms with van der Waals surface area (Å²) in [5.74, 6) is 0. The molecule has 0 spiro atoms. The van der Waals surface area contributed by atoms with Gasteiger partial charge in [0.2, 0.25) is 0 Å². The summed E-state index contributed by atoms with van der Waals surface area (Å²) in [6.07, 6.45) is 2.01. The molecule has 0 bridgehead atoms. The molecule has 0 unspecified atom stereocenters. The summed E-state index contributed by atoms with van der Waals surface area (Å²) in [6.45, 7) is 0. The molecular weight excluding hydrogens is 148 g/mol. The first-order valence-electron chi connectivity index (χ1n) is 1.20. The van der Waals surface area contributed by atoms with Gasteiger partial charge >= 0.3 is 0 Å². The number of hydrogen-bond donors (Lipinski definition) is 0. The van der Waals surface area contributed by atoms with E-state index in [2.05, 4.69) is 15.9 Å². The molecule has 0 aliphatic heterocycles. The SMILES string of the molecule is CS/C=C/Br. The zero-order valence-corrected chi connectivity index (χ0v) is 5.34. The summed E-state index contributed by atoms with van der Waals surface area (Å²) in [5.41, 5.74) is 0. The molecule has 0 aliphatic carbocycles. The van der Waals surface area contributed by atoms with Gasteiger partial charge in [0.1, 0.15) is 0 Å². The van der Waals surface area contributed by atoms with Crippen LogP contribution in [0.25, 0.3) is 0 Å². The maximum absolute atomic E-state index is 3.11. The van der Waals surface area contributed by atoms with Crippen LogP contribution in [-0.2, 0) is 0 Å². The highest BCUT2D eigenvalue weighted by molar-refractivity contribution is 9.11. The van der Waals surface area contributed by atoms with Gasteiger partial charge in [-0.1, -0.05) is 15.9 Å². The van der Waals surface area contributed by atoms with E-state index in [1.54, 1.807) is 11.8 Å². The molecule has 0 aliphatic rings. The molecule has 0 aromatic rings. The summed E-state index contributed by atoms with van der Waals surface area (Å²) < 4.78 is 0. The second kappa shape index (κ2) is 4.57. The van der Waals surface area contributed by atoms with Crippen molar-refractivity contribution < 1.29 is 0 Å². The lowest BCUT2D eigenvalue weighted by Gasteiger charge is -1.64. The van der Waals surface area contributed by atoms with Gasteiger partial charge in [0, 0.05) is 0 Å². The van der Waals surface area contributed by atoms with Crippen LogP contribution >= 0.6 is 27.7 Å². The van der Waals surface area contributed by atoms with E-state index in [0.717, 1.165) is 0 Å². The van der Waals surface area contributed by atoms with Crippen LogP contribution < -0.4 is 0 Å². The normalized spacial score (nSPS) is 10.0. The zero-order valence-electron chi connectivity index (χ0n) is 2.94. The fraction of sp³-hybridized carbons (Fsp3) is 0.333. The van der Waals surface area contributed by atoms with Crippen molar-refractivity contribution in [1.82, 2.24) is 0 Å². The summed E-state index contributed by atoms with van der Waals surface area (Å²) >= 11 is 4.78. The van der Waals surface area contributed by atoms with E-state index >= 15 is 0 Å². The first-order valence-corrected chi connectivity index (χ1v) is 3.40. The van der Waals surface area contributed by atoms with Gasteiger partial charge in [-0.25, -0.2) is 0 Å². The van der Waals surface area contributed by atoms with E-state index < -0.39 is 0 Å². The molecule has 0 atom stereocenters. The van der Waals surface area contributed by atoms with Crippen LogP contribution in [0.3, 0.4) is 0 Å². The molecule has 0 aromatic carbocycles. The van der Waals surface area contributed by atoms with E-state index in [9.17, 15) is 0 Å². The summed E-state index contributed by atoms with van der Waals surface area (Å²) in [6, 6.07) is 0. The molecule has 0 N–H and O–H groups in total. The van der Waals surface area contributed by atoms with Crippen molar-refractivity contribution in [3.05, 3.63) is 10.4 Å². The van der Waals surface area contributed by atoms with Gasteiger partial charge in [-0.15, -0.1) is 11.8 Å². The van der Waals surface area contributed by atoms with Crippen LogP contribution in [0, 0.1) is 0 Å². The standard InChI is InChI=1S/C3H5BrS/c1-5-3-2-4/h2-3H,1H3/b3-2+. The molecule has 0 radical (unpaired) electrons. The predicted molar refractivity (Wildman–Crippen MR) is 31.6 cm³/mol. The monoisotopic (exact) mass is 152 g/mol. The number of hydrogen-bond acceptors (Lipinski definition) is 1. The molecule has 2 heteroatoms. The minimum Gasteiger partial charge on any atom is -0.137 e. The lowest BCUT2D eigenvalue weighted by Crippen LogP contribution is -1.30. The second-order valence-electron chi connectivity index (χ2n) is 0.498. The molecule has 5 heavy (non-hydrogen) atoms. The van der Waals surface area contributed by atoms with E-state index in [4.69, 9.17) is 0 Å². The Hall–Kier alpha value is 0.570. The van der Waals surface area contributed by atoms with Crippen LogP contribution in [0.1, 0.15) is 0 Å². The third-order valence-corrected chi connectivity index (χ3v) is 1.21. The average molecular weight is 153 g/mol. The third kappa shape index (κ3) is 4.57. The highest BCUT2D eigenvalue weighted by Gasteiger charge is 1.52. The average Bonchev–Trinajstić information content (AvgIpc) is 1.41. The molecule has 0 nitrogen and oxygen atoms in total. The molecule has 0 heterocycles. The Morgan fingerprint density at radius 1 is 1.80 bits per heavy atom. The van der Waals surface area contributed by atoms with Crippen LogP contribution in [-0.4, -0.2) is 6.26 Å². The number of thioether (sulfide) groups is 1. The van der Waals surface area contributed by atoms with Crippen molar-refractivity contribution in [2.75, 3.05) is 6.26 Å². The quantitative estimate of drug-likeness (QED) is 0.556. The summed E-state index contributed by atoms with van der Waals surface area (Å²) in [4.78, 5) is 1.83. The van der Waals surface area contributed by atoms with E-state index in [-0.39, 0.29) is 0 Å². The van der Waals surface area contributed by atoms with Crippen LogP contribution in [0.2, 0.25) is 0 Å². The molecule has 0 aromatic heterocycles. The Labute approximate surface area is 44.8 Å². The van der Waals surface area contributed by atoms with Crippen molar-refractivity contribution >= 4 is 27.7 Å². The fourth-order valence-electron chi connectivity index (χ4n) is 0.0514. The molecule has 0 saturated heterocycles. The van der Waals surface area contributed by atoms with Crippen molar-refractivity contribution in [1.29, 1.82) is 0 Å². The smallest absolute Gasteiger partial charge is 0.0126 e. The van der Waals surface area contributed by atoms with Crippen molar-refractivity contribution in [2.24, 2.45) is 0 Å². The Morgan fingerprint density at radius 2 is 2.40 bits per heavy atom. The Kier molecular flexibility index (Phi) is 5.09. The van der Waals surface area contributed by atoms with Crippen LogP contribution in [0.4, 0.5) is 0 Å². The maximum Gasteiger partial charge on any atom is -0.0126 e.